The lowest BCUT2D eigenvalue weighted by Crippen LogP contribution is -2.48. The molecule has 1 aliphatic heterocycles. The molecule has 0 radical (unpaired) electrons. The van der Waals surface area contributed by atoms with Crippen LogP contribution in [0.2, 0.25) is 0 Å². The van der Waals surface area contributed by atoms with E-state index < -0.39 is 29.2 Å². The van der Waals surface area contributed by atoms with Gasteiger partial charge in [-0.15, -0.1) is 0 Å². The van der Waals surface area contributed by atoms with Crippen molar-refractivity contribution in [3.8, 4) is 0 Å². The van der Waals surface area contributed by atoms with Gasteiger partial charge in [-0.1, -0.05) is 31.4 Å². The van der Waals surface area contributed by atoms with E-state index in [4.69, 9.17) is 0 Å². The van der Waals surface area contributed by atoms with Gasteiger partial charge in [-0.2, -0.15) is 0 Å². The molecule has 5 amide bonds. The highest BCUT2D eigenvalue weighted by Gasteiger charge is 2.51. The Morgan fingerprint density at radius 3 is 2.36 bits per heavy atom. The molecule has 3 rings (SSSR count). The van der Waals surface area contributed by atoms with E-state index in [0.717, 1.165) is 24.2 Å². The smallest absolute Gasteiger partial charge is 0.323 e. The third kappa shape index (κ3) is 4.47. The largest absolute Gasteiger partial charge is 0.325 e. The quantitative estimate of drug-likeness (QED) is 0.518. The molecule has 2 fully saturated rings. The molecule has 1 heterocycles. The molecule has 1 aliphatic carbocycles. The van der Waals surface area contributed by atoms with Gasteiger partial charge >= 0.3 is 6.03 Å². The average Bonchev–Trinajstić information content (AvgIpc) is 2.90. The zero-order valence-corrected chi connectivity index (χ0v) is 15.4. The number of nitrogens with zero attached hydrogens (tertiary/aromatic N) is 1. The van der Waals surface area contributed by atoms with Crippen molar-refractivity contribution in [2.24, 2.45) is 0 Å². The summed E-state index contributed by atoms with van der Waals surface area (Å²) in [5.74, 6) is -1.65. The van der Waals surface area contributed by atoms with E-state index in [-0.39, 0.29) is 25.3 Å². The molecule has 150 valence electrons. The Hall–Kier alpha value is -2.97. The highest BCUT2D eigenvalue weighted by Crippen LogP contribution is 2.33. The Kier molecular flexibility index (Phi) is 5.91. The molecule has 0 bridgehead atoms. The normalized spacial score (nSPS) is 18.1. The Bertz CT molecular complexity index is 775. The van der Waals surface area contributed by atoms with Crippen molar-refractivity contribution in [1.82, 2.24) is 21.1 Å². The van der Waals surface area contributed by atoms with Gasteiger partial charge in [0.25, 0.3) is 5.91 Å². The number of imide groups is 1. The summed E-state index contributed by atoms with van der Waals surface area (Å²) in [6.45, 7) is -0.0495. The number of urea groups is 1. The second-order valence-corrected chi connectivity index (χ2v) is 7.18. The molecule has 1 aromatic rings. The fourth-order valence-corrected chi connectivity index (χ4v) is 3.62. The molecule has 1 aromatic carbocycles. The van der Waals surface area contributed by atoms with Crippen LogP contribution in [-0.2, 0) is 20.8 Å². The van der Waals surface area contributed by atoms with E-state index in [2.05, 4.69) is 16.2 Å². The van der Waals surface area contributed by atoms with Gasteiger partial charge < -0.3 is 5.32 Å². The minimum Gasteiger partial charge on any atom is -0.323 e. The second kappa shape index (κ2) is 8.37. The summed E-state index contributed by atoms with van der Waals surface area (Å²) >= 11 is 0. The molecule has 9 heteroatoms. The maximum absolute atomic E-state index is 12.8. The monoisotopic (exact) mass is 390 g/mol. The fraction of sp³-hybridized carbons (Fsp3) is 0.474. The molecule has 28 heavy (non-hydrogen) atoms. The molecule has 0 aromatic heterocycles. The van der Waals surface area contributed by atoms with Crippen LogP contribution < -0.4 is 16.2 Å². The Morgan fingerprint density at radius 1 is 1.04 bits per heavy atom. The molecular weight excluding hydrogens is 367 g/mol. The SMILES string of the molecule is O=C(CCN1C(=O)NC2(CCCCC2)C1=O)NNC(=O)Cc1ccc(F)cc1. The van der Waals surface area contributed by atoms with E-state index in [1.807, 2.05) is 0 Å². The molecule has 0 atom stereocenters. The Morgan fingerprint density at radius 2 is 1.68 bits per heavy atom. The molecule has 3 N–H and O–H groups in total. The number of carbonyl (C=O) groups excluding carboxylic acids is 4. The first kappa shape index (κ1) is 19.8. The zero-order valence-electron chi connectivity index (χ0n) is 15.4. The van der Waals surface area contributed by atoms with Crippen molar-refractivity contribution in [2.75, 3.05) is 6.54 Å². The van der Waals surface area contributed by atoms with Crippen LogP contribution in [0.25, 0.3) is 0 Å². The number of halogens is 1. The van der Waals surface area contributed by atoms with E-state index in [0.29, 0.717) is 18.4 Å². The second-order valence-electron chi connectivity index (χ2n) is 7.18. The average molecular weight is 390 g/mol. The van der Waals surface area contributed by atoms with Crippen LogP contribution in [0.15, 0.2) is 24.3 Å². The van der Waals surface area contributed by atoms with Crippen LogP contribution in [0.4, 0.5) is 9.18 Å². The van der Waals surface area contributed by atoms with Gasteiger partial charge in [0.05, 0.1) is 6.42 Å². The highest BCUT2D eigenvalue weighted by atomic mass is 19.1. The summed E-state index contributed by atoms with van der Waals surface area (Å²) in [7, 11) is 0. The van der Waals surface area contributed by atoms with Crippen molar-refractivity contribution in [3.05, 3.63) is 35.6 Å². The number of carbonyl (C=O) groups is 4. The molecule has 0 unspecified atom stereocenters. The fourth-order valence-electron chi connectivity index (χ4n) is 3.62. The summed E-state index contributed by atoms with van der Waals surface area (Å²) in [5, 5.41) is 2.78. The molecular formula is C19H23FN4O4. The first-order chi connectivity index (χ1) is 13.4. The number of hydrazine groups is 1. The minimum absolute atomic E-state index is 0.0178. The Labute approximate surface area is 161 Å². The number of nitrogens with one attached hydrogen (secondary N) is 3. The van der Waals surface area contributed by atoms with Gasteiger partial charge in [0.1, 0.15) is 11.4 Å². The van der Waals surface area contributed by atoms with Crippen LogP contribution in [0, 0.1) is 5.82 Å². The van der Waals surface area contributed by atoms with Crippen LogP contribution in [0.3, 0.4) is 0 Å². The van der Waals surface area contributed by atoms with Gasteiger partial charge in [-0.05, 0) is 30.5 Å². The van der Waals surface area contributed by atoms with Gasteiger partial charge in [0.2, 0.25) is 11.8 Å². The first-order valence-electron chi connectivity index (χ1n) is 9.36. The Balaban J connectivity index is 1.42. The summed E-state index contributed by atoms with van der Waals surface area (Å²) in [6, 6.07) is 4.99. The van der Waals surface area contributed by atoms with Gasteiger partial charge in [0.15, 0.2) is 0 Å². The number of hydrogen-bond donors (Lipinski definition) is 3. The number of hydrogen-bond acceptors (Lipinski definition) is 4. The summed E-state index contributed by atoms with van der Waals surface area (Å²) in [5.41, 5.74) is 4.31. The third-order valence-electron chi connectivity index (χ3n) is 5.13. The molecule has 1 spiro atoms. The third-order valence-corrected chi connectivity index (χ3v) is 5.13. The molecule has 1 saturated heterocycles. The maximum atomic E-state index is 12.8. The summed E-state index contributed by atoms with van der Waals surface area (Å²) < 4.78 is 12.8. The van der Waals surface area contributed by atoms with Crippen molar-refractivity contribution in [2.45, 2.75) is 50.5 Å². The van der Waals surface area contributed by atoms with E-state index in [1.165, 1.54) is 24.3 Å². The highest BCUT2D eigenvalue weighted by molar-refractivity contribution is 6.07. The number of rotatable bonds is 5. The molecule has 2 aliphatic rings. The molecule has 1 saturated carbocycles. The maximum Gasteiger partial charge on any atom is 0.325 e. The van der Waals surface area contributed by atoms with Crippen LogP contribution >= 0.6 is 0 Å². The topological polar surface area (TPSA) is 108 Å². The van der Waals surface area contributed by atoms with Crippen molar-refractivity contribution >= 4 is 23.8 Å². The number of benzene rings is 1. The van der Waals surface area contributed by atoms with Gasteiger partial charge in [-0.3, -0.25) is 30.1 Å². The number of amides is 5. The van der Waals surface area contributed by atoms with Gasteiger partial charge in [0, 0.05) is 13.0 Å². The van der Waals surface area contributed by atoms with Gasteiger partial charge in [-0.25, -0.2) is 9.18 Å². The van der Waals surface area contributed by atoms with Crippen LogP contribution in [0.1, 0.15) is 44.1 Å². The summed E-state index contributed by atoms with van der Waals surface area (Å²) in [4.78, 5) is 49.6. The lowest BCUT2D eigenvalue weighted by atomic mass is 9.82. The van der Waals surface area contributed by atoms with E-state index in [9.17, 15) is 23.6 Å². The predicted molar refractivity (Wildman–Crippen MR) is 97.1 cm³/mol. The first-order valence-corrected chi connectivity index (χ1v) is 9.36. The predicted octanol–water partition coefficient (Wildman–Crippen LogP) is 1.16. The van der Waals surface area contributed by atoms with Crippen LogP contribution in [0.5, 0.6) is 0 Å². The summed E-state index contributed by atoms with van der Waals surface area (Å²) in [6.07, 6.45) is 3.94. The van der Waals surface area contributed by atoms with Crippen molar-refractivity contribution in [1.29, 1.82) is 0 Å². The lowest BCUT2D eigenvalue weighted by molar-refractivity contribution is -0.133. The lowest BCUT2D eigenvalue weighted by Gasteiger charge is -2.30. The molecule has 8 nitrogen and oxygen atoms in total. The van der Waals surface area contributed by atoms with Crippen molar-refractivity contribution in [3.63, 3.8) is 0 Å². The minimum atomic E-state index is -0.810. The van der Waals surface area contributed by atoms with E-state index in [1.54, 1.807) is 0 Å². The van der Waals surface area contributed by atoms with Crippen LogP contribution in [-0.4, -0.2) is 40.7 Å². The van der Waals surface area contributed by atoms with E-state index >= 15 is 0 Å². The standard InChI is InChI=1S/C19H23FN4O4/c20-14-6-4-13(5-7-14)12-16(26)23-22-15(25)8-11-24-17(27)19(21-18(24)28)9-2-1-3-10-19/h4-7H,1-3,8-12H2,(H,21,28)(H,22,25)(H,23,26). The zero-order chi connectivity index (χ0) is 20.1. The van der Waals surface area contributed by atoms with Crippen molar-refractivity contribution < 1.29 is 23.6 Å².